The number of carbonyl (C=O) groups excluding carboxylic acids is 3. The molecule has 0 aromatic heterocycles. The third-order valence-corrected chi connectivity index (χ3v) is 13.6. The first kappa shape index (κ1) is 71.3. The summed E-state index contributed by atoms with van der Waals surface area (Å²) >= 11 is 0. The smallest absolute Gasteiger partial charge is 0.306 e. The number of rotatable bonds is 57. The van der Waals surface area contributed by atoms with E-state index in [2.05, 4.69) is 118 Å². The van der Waals surface area contributed by atoms with E-state index in [1.54, 1.807) is 0 Å². The fourth-order valence-electron chi connectivity index (χ4n) is 8.87. The van der Waals surface area contributed by atoms with Crippen LogP contribution in [0.15, 0.2) is 97.2 Å². The second kappa shape index (κ2) is 62.9. The predicted octanol–water partition coefficient (Wildman–Crippen LogP) is 21.7. The first-order valence-electron chi connectivity index (χ1n) is 31.7. The van der Waals surface area contributed by atoms with Crippen molar-refractivity contribution in [2.75, 3.05) is 13.2 Å². The second-order valence-corrected chi connectivity index (χ2v) is 21.0. The molecule has 0 aliphatic rings. The zero-order valence-electron chi connectivity index (χ0n) is 49.3. The summed E-state index contributed by atoms with van der Waals surface area (Å²) < 4.78 is 16.8. The summed E-state index contributed by atoms with van der Waals surface area (Å²) in [6.07, 6.45) is 84.3. The fourth-order valence-corrected chi connectivity index (χ4v) is 8.87. The van der Waals surface area contributed by atoms with Crippen molar-refractivity contribution >= 4 is 17.9 Å². The summed E-state index contributed by atoms with van der Waals surface area (Å²) in [5.74, 6) is -0.926. The molecule has 1 unspecified atom stereocenters. The van der Waals surface area contributed by atoms with E-state index in [9.17, 15) is 14.4 Å². The van der Waals surface area contributed by atoms with Gasteiger partial charge in [0.25, 0.3) is 0 Å². The third-order valence-electron chi connectivity index (χ3n) is 13.6. The van der Waals surface area contributed by atoms with E-state index in [1.165, 1.54) is 154 Å². The molecule has 0 bridgehead atoms. The van der Waals surface area contributed by atoms with Crippen molar-refractivity contribution in [2.24, 2.45) is 0 Å². The molecule has 0 amide bonds. The molecule has 0 aromatic carbocycles. The summed E-state index contributed by atoms with van der Waals surface area (Å²) in [6.45, 7) is 6.50. The van der Waals surface area contributed by atoms with Crippen LogP contribution in [0.2, 0.25) is 0 Å². The lowest BCUT2D eigenvalue weighted by Gasteiger charge is -2.18. The van der Waals surface area contributed by atoms with Gasteiger partial charge in [0.2, 0.25) is 0 Å². The quantitative estimate of drug-likeness (QED) is 0.0261. The first-order chi connectivity index (χ1) is 37.0. The first-order valence-corrected chi connectivity index (χ1v) is 31.7. The predicted molar refractivity (Wildman–Crippen MR) is 325 cm³/mol. The molecule has 1 atom stereocenters. The summed E-state index contributed by atoms with van der Waals surface area (Å²) in [7, 11) is 0. The summed E-state index contributed by atoms with van der Waals surface area (Å²) in [4.78, 5) is 38.2. The highest BCUT2D eigenvalue weighted by Crippen LogP contribution is 2.17. The molecule has 0 aromatic rings. The zero-order valence-corrected chi connectivity index (χ0v) is 49.3. The lowest BCUT2D eigenvalue weighted by Crippen LogP contribution is -2.30. The molecule has 0 N–H and O–H groups in total. The molecule has 430 valence electrons. The summed E-state index contributed by atoms with van der Waals surface area (Å²) in [5, 5.41) is 0. The van der Waals surface area contributed by atoms with Gasteiger partial charge in [-0.1, -0.05) is 298 Å². The molecule has 0 heterocycles. The van der Waals surface area contributed by atoms with Gasteiger partial charge in [-0.05, 0) is 83.5 Å². The molecule has 0 saturated carbocycles. The Hall–Kier alpha value is -3.67. The minimum absolute atomic E-state index is 0.0881. The molecule has 0 fully saturated rings. The Morgan fingerprint density at radius 2 is 0.520 bits per heavy atom. The lowest BCUT2D eigenvalue weighted by atomic mass is 10.0. The second-order valence-electron chi connectivity index (χ2n) is 21.0. The van der Waals surface area contributed by atoms with Crippen molar-refractivity contribution in [1.82, 2.24) is 0 Å². The number of ether oxygens (including phenoxy) is 3. The van der Waals surface area contributed by atoms with Gasteiger partial charge in [-0.2, -0.15) is 0 Å². The van der Waals surface area contributed by atoms with Crippen LogP contribution in [0.5, 0.6) is 0 Å². The number of hydrogen-bond acceptors (Lipinski definition) is 6. The molecule has 6 heteroatoms. The van der Waals surface area contributed by atoms with E-state index in [-0.39, 0.29) is 31.1 Å². The normalized spacial score (nSPS) is 12.7. The molecule has 0 rings (SSSR count). The van der Waals surface area contributed by atoms with Gasteiger partial charge in [-0.25, -0.2) is 0 Å². The van der Waals surface area contributed by atoms with Crippen molar-refractivity contribution < 1.29 is 28.6 Å². The van der Waals surface area contributed by atoms with Crippen LogP contribution in [-0.4, -0.2) is 37.2 Å². The Morgan fingerprint density at radius 1 is 0.280 bits per heavy atom. The molecule has 75 heavy (non-hydrogen) atoms. The topological polar surface area (TPSA) is 78.9 Å². The average Bonchev–Trinajstić information content (AvgIpc) is 3.41. The highest BCUT2D eigenvalue weighted by Gasteiger charge is 2.19. The summed E-state index contributed by atoms with van der Waals surface area (Å²) in [5.41, 5.74) is 0. The molecule has 0 saturated heterocycles. The van der Waals surface area contributed by atoms with Crippen LogP contribution in [0, 0.1) is 0 Å². The zero-order chi connectivity index (χ0) is 54.3. The van der Waals surface area contributed by atoms with E-state index in [4.69, 9.17) is 14.2 Å². The standard InChI is InChI=1S/C69H118O6/c1-4-7-10-13-16-19-21-23-25-27-29-31-32-33-34-35-36-38-39-41-43-45-47-50-53-56-59-62-68(71)74-65-66(64-73-67(70)61-58-55-52-49-18-15-12-9-6-3)75-69(72)63-60-57-54-51-48-46-44-42-40-37-30-28-26-24-22-20-17-14-11-8-5-2/h7,10,16,19,23,25,29,31,33-34,36,38,41,43,47,50,66H,4-6,8-9,11-15,17-18,20-22,24,26-28,30,32,35,37,39-40,42,44-46,48-49,51-65H2,1-3H3/b10-7-,19-16-,25-23-,31-29-,34-33-,38-36-,43-41-,50-47-. The molecule has 6 nitrogen and oxygen atoms in total. The van der Waals surface area contributed by atoms with Crippen LogP contribution in [0.3, 0.4) is 0 Å². The number of carbonyl (C=O) groups is 3. The largest absolute Gasteiger partial charge is 0.462 e. The minimum Gasteiger partial charge on any atom is -0.462 e. The number of esters is 3. The molecule has 0 spiro atoms. The highest BCUT2D eigenvalue weighted by atomic mass is 16.6. The van der Waals surface area contributed by atoms with Gasteiger partial charge in [-0.3, -0.25) is 14.4 Å². The van der Waals surface area contributed by atoms with E-state index >= 15 is 0 Å². The van der Waals surface area contributed by atoms with Gasteiger partial charge in [0.05, 0.1) is 0 Å². The van der Waals surface area contributed by atoms with Crippen molar-refractivity contribution in [3.8, 4) is 0 Å². The summed E-state index contributed by atoms with van der Waals surface area (Å²) in [6, 6.07) is 0. The van der Waals surface area contributed by atoms with Crippen LogP contribution < -0.4 is 0 Å². The maximum Gasteiger partial charge on any atom is 0.306 e. The number of allylic oxidation sites excluding steroid dienone is 16. The maximum atomic E-state index is 12.9. The van der Waals surface area contributed by atoms with E-state index in [0.717, 1.165) is 109 Å². The van der Waals surface area contributed by atoms with Crippen LogP contribution in [0.25, 0.3) is 0 Å². The Balaban J connectivity index is 4.31. The van der Waals surface area contributed by atoms with Crippen LogP contribution >= 0.6 is 0 Å². The van der Waals surface area contributed by atoms with Crippen molar-refractivity contribution in [2.45, 2.75) is 309 Å². The maximum absolute atomic E-state index is 12.9. The van der Waals surface area contributed by atoms with Gasteiger partial charge in [0, 0.05) is 19.3 Å². The van der Waals surface area contributed by atoms with Crippen LogP contribution in [-0.2, 0) is 28.6 Å². The van der Waals surface area contributed by atoms with Gasteiger partial charge >= 0.3 is 17.9 Å². The monoisotopic (exact) mass is 1040 g/mol. The van der Waals surface area contributed by atoms with Gasteiger partial charge < -0.3 is 14.2 Å². The molecular formula is C69H118O6. The van der Waals surface area contributed by atoms with Gasteiger partial charge in [-0.15, -0.1) is 0 Å². The highest BCUT2D eigenvalue weighted by molar-refractivity contribution is 5.71. The molecule has 0 radical (unpaired) electrons. The SMILES string of the molecule is CC/C=C\C/C=C\C/C=C\C/C=C\C/C=C\C/C=C\C/C=C\C/C=C\CCCCC(=O)OCC(COC(=O)CCCCCCCCCCC)OC(=O)CCCCCCCCCCCCCCCCCCCCCCC. The number of unbranched alkanes of at least 4 members (excludes halogenated alkanes) is 30. The van der Waals surface area contributed by atoms with E-state index in [0.29, 0.717) is 19.3 Å². The van der Waals surface area contributed by atoms with E-state index in [1.807, 2.05) is 0 Å². The minimum atomic E-state index is -0.793. The molecule has 0 aliphatic heterocycles. The van der Waals surface area contributed by atoms with E-state index < -0.39 is 6.10 Å². The van der Waals surface area contributed by atoms with Gasteiger partial charge in [0.15, 0.2) is 6.10 Å². The average molecular weight is 1040 g/mol. The van der Waals surface area contributed by atoms with Crippen molar-refractivity contribution in [1.29, 1.82) is 0 Å². The number of hydrogen-bond donors (Lipinski definition) is 0. The van der Waals surface area contributed by atoms with Crippen molar-refractivity contribution in [3.63, 3.8) is 0 Å². The molecule has 0 aliphatic carbocycles. The third kappa shape index (κ3) is 61.1. The van der Waals surface area contributed by atoms with Crippen molar-refractivity contribution in [3.05, 3.63) is 97.2 Å². The van der Waals surface area contributed by atoms with Gasteiger partial charge in [0.1, 0.15) is 13.2 Å². The Labute approximate surface area is 464 Å². The Kier molecular flexibility index (Phi) is 59.8. The lowest BCUT2D eigenvalue weighted by molar-refractivity contribution is -0.167. The fraction of sp³-hybridized carbons (Fsp3) is 0.725. The molecular weight excluding hydrogens is 925 g/mol. The van der Waals surface area contributed by atoms with Crippen LogP contribution in [0.1, 0.15) is 303 Å². The van der Waals surface area contributed by atoms with Crippen LogP contribution in [0.4, 0.5) is 0 Å². The Morgan fingerprint density at radius 3 is 0.813 bits per heavy atom. The Bertz CT molecular complexity index is 1480.